The zero-order chi connectivity index (χ0) is 12.6. The Balaban J connectivity index is 0.00000106. The number of rotatable bonds is 3. The van der Waals surface area contributed by atoms with Crippen LogP contribution >= 0.6 is 11.6 Å². The second-order valence-electron chi connectivity index (χ2n) is 3.50. The van der Waals surface area contributed by atoms with Crippen LogP contribution in [0.2, 0.25) is 5.02 Å². The zero-order valence-electron chi connectivity index (χ0n) is 10.4. The molecular formula is C13H20ClNO. The standard InChI is InChI=1S/C11H14ClNO.C2H6/c1-8(2)11(14)13-7-9-3-5-10(12)6-4-9;1-2/h3-6,8H,7H2,1-2H3,(H,13,14);1-2H3. The molecule has 1 rings (SSSR count). The minimum atomic E-state index is 0.0299. The number of carbonyl (C=O) groups excluding carboxylic acids is 1. The summed E-state index contributed by atoms with van der Waals surface area (Å²) in [4.78, 5) is 11.2. The van der Waals surface area contributed by atoms with Crippen molar-refractivity contribution in [2.45, 2.75) is 34.2 Å². The molecule has 90 valence electrons. The molecule has 1 aromatic carbocycles. The van der Waals surface area contributed by atoms with E-state index < -0.39 is 0 Å². The highest BCUT2D eigenvalue weighted by atomic mass is 35.5. The Morgan fingerprint density at radius 3 is 2.19 bits per heavy atom. The lowest BCUT2D eigenvalue weighted by molar-refractivity contribution is -0.124. The van der Waals surface area contributed by atoms with E-state index in [9.17, 15) is 4.79 Å². The number of hydrogen-bond donors (Lipinski definition) is 1. The third-order valence-electron chi connectivity index (χ3n) is 1.90. The van der Waals surface area contributed by atoms with Gasteiger partial charge in [0.05, 0.1) is 0 Å². The van der Waals surface area contributed by atoms with Crippen molar-refractivity contribution in [2.24, 2.45) is 5.92 Å². The molecule has 0 saturated carbocycles. The van der Waals surface area contributed by atoms with Crippen LogP contribution in [0.15, 0.2) is 24.3 Å². The summed E-state index contributed by atoms with van der Waals surface area (Å²) in [7, 11) is 0. The minimum absolute atomic E-state index is 0.0299. The molecule has 0 bridgehead atoms. The van der Waals surface area contributed by atoms with E-state index in [1.807, 2.05) is 52.0 Å². The summed E-state index contributed by atoms with van der Waals surface area (Å²) in [5, 5.41) is 3.55. The van der Waals surface area contributed by atoms with Crippen molar-refractivity contribution in [1.82, 2.24) is 5.32 Å². The van der Waals surface area contributed by atoms with Gasteiger partial charge in [0.1, 0.15) is 0 Å². The Labute approximate surface area is 103 Å². The van der Waals surface area contributed by atoms with E-state index in [1.54, 1.807) is 0 Å². The second-order valence-corrected chi connectivity index (χ2v) is 3.94. The van der Waals surface area contributed by atoms with Gasteiger partial charge < -0.3 is 5.32 Å². The van der Waals surface area contributed by atoms with Crippen LogP contribution in [-0.2, 0) is 11.3 Å². The Morgan fingerprint density at radius 2 is 1.75 bits per heavy atom. The molecule has 0 heterocycles. The maximum absolute atomic E-state index is 11.2. The molecule has 16 heavy (non-hydrogen) atoms. The summed E-state index contributed by atoms with van der Waals surface area (Å²) in [6.45, 7) is 8.31. The predicted molar refractivity (Wildman–Crippen MR) is 69.5 cm³/mol. The summed E-state index contributed by atoms with van der Waals surface area (Å²) in [6, 6.07) is 7.45. The topological polar surface area (TPSA) is 29.1 Å². The van der Waals surface area contributed by atoms with Gasteiger partial charge in [-0.3, -0.25) is 4.79 Å². The van der Waals surface area contributed by atoms with Gasteiger partial charge >= 0.3 is 0 Å². The van der Waals surface area contributed by atoms with Gasteiger partial charge in [0, 0.05) is 17.5 Å². The number of benzene rings is 1. The van der Waals surface area contributed by atoms with Gasteiger partial charge in [-0.05, 0) is 17.7 Å². The average Bonchev–Trinajstić information content (AvgIpc) is 2.30. The van der Waals surface area contributed by atoms with Crippen molar-refractivity contribution < 1.29 is 4.79 Å². The largest absolute Gasteiger partial charge is 0.352 e. The minimum Gasteiger partial charge on any atom is -0.352 e. The fourth-order valence-electron chi connectivity index (χ4n) is 0.996. The Kier molecular flexibility index (Phi) is 7.65. The smallest absolute Gasteiger partial charge is 0.222 e. The molecule has 3 heteroatoms. The molecule has 0 atom stereocenters. The molecule has 0 fully saturated rings. The Morgan fingerprint density at radius 1 is 1.25 bits per heavy atom. The number of hydrogen-bond acceptors (Lipinski definition) is 1. The van der Waals surface area contributed by atoms with Crippen molar-refractivity contribution in [3.8, 4) is 0 Å². The first-order valence-corrected chi connectivity index (χ1v) is 5.99. The summed E-state index contributed by atoms with van der Waals surface area (Å²) in [6.07, 6.45) is 0. The van der Waals surface area contributed by atoms with Crippen LogP contribution in [0.3, 0.4) is 0 Å². The molecule has 0 aliphatic heterocycles. The third-order valence-corrected chi connectivity index (χ3v) is 2.16. The summed E-state index contributed by atoms with van der Waals surface area (Å²) < 4.78 is 0. The molecule has 2 nitrogen and oxygen atoms in total. The molecule has 0 saturated heterocycles. The van der Waals surface area contributed by atoms with E-state index in [1.165, 1.54) is 0 Å². The molecule has 0 aliphatic rings. The van der Waals surface area contributed by atoms with E-state index in [0.717, 1.165) is 5.56 Å². The average molecular weight is 242 g/mol. The molecule has 1 amide bonds. The molecule has 1 aromatic rings. The first-order valence-electron chi connectivity index (χ1n) is 5.61. The maximum Gasteiger partial charge on any atom is 0.222 e. The normalized spacial score (nSPS) is 9.38. The van der Waals surface area contributed by atoms with Crippen molar-refractivity contribution in [3.63, 3.8) is 0 Å². The van der Waals surface area contributed by atoms with Crippen molar-refractivity contribution in [2.75, 3.05) is 0 Å². The SMILES string of the molecule is CC.CC(C)C(=O)NCc1ccc(Cl)cc1. The van der Waals surface area contributed by atoms with E-state index in [0.29, 0.717) is 11.6 Å². The van der Waals surface area contributed by atoms with Crippen LogP contribution in [0.4, 0.5) is 0 Å². The van der Waals surface area contributed by atoms with Gasteiger partial charge in [-0.1, -0.05) is 51.4 Å². The van der Waals surface area contributed by atoms with Crippen molar-refractivity contribution in [1.29, 1.82) is 0 Å². The number of halogens is 1. The zero-order valence-corrected chi connectivity index (χ0v) is 11.1. The third kappa shape index (κ3) is 5.76. The number of nitrogens with one attached hydrogen (secondary N) is 1. The molecule has 0 spiro atoms. The highest BCUT2D eigenvalue weighted by molar-refractivity contribution is 6.30. The van der Waals surface area contributed by atoms with Gasteiger partial charge in [-0.25, -0.2) is 0 Å². The van der Waals surface area contributed by atoms with Gasteiger partial charge in [0.2, 0.25) is 5.91 Å². The second kappa shape index (κ2) is 8.17. The van der Waals surface area contributed by atoms with E-state index in [2.05, 4.69) is 5.32 Å². The first-order chi connectivity index (χ1) is 7.59. The van der Waals surface area contributed by atoms with Crippen LogP contribution < -0.4 is 5.32 Å². The maximum atomic E-state index is 11.2. The fraction of sp³-hybridized carbons (Fsp3) is 0.462. The monoisotopic (exact) mass is 241 g/mol. The molecule has 0 radical (unpaired) electrons. The van der Waals surface area contributed by atoms with Crippen molar-refractivity contribution >= 4 is 17.5 Å². The van der Waals surface area contributed by atoms with E-state index in [-0.39, 0.29) is 11.8 Å². The van der Waals surface area contributed by atoms with E-state index in [4.69, 9.17) is 11.6 Å². The van der Waals surface area contributed by atoms with Gasteiger partial charge in [0.25, 0.3) is 0 Å². The predicted octanol–water partition coefficient (Wildman–Crippen LogP) is 3.64. The van der Waals surface area contributed by atoms with Gasteiger partial charge in [-0.15, -0.1) is 0 Å². The van der Waals surface area contributed by atoms with Gasteiger partial charge in [-0.2, -0.15) is 0 Å². The number of carbonyl (C=O) groups is 1. The Hall–Kier alpha value is -1.02. The molecular weight excluding hydrogens is 222 g/mol. The lowest BCUT2D eigenvalue weighted by Crippen LogP contribution is -2.26. The first kappa shape index (κ1) is 15.0. The lowest BCUT2D eigenvalue weighted by atomic mass is 10.2. The number of amides is 1. The summed E-state index contributed by atoms with van der Waals surface area (Å²) in [5.74, 6) is 0.0993. The quantitative estimate of drug-likeness (QED) is 0.860. The van der Waals surface area contributed by atoms with Crippen LogP contribution in [-0.4, -0.2) is 5.91 Å². The van der Waals surface area contributed by atoms with Crippen molar-refractivity contribution in [3.05, 3.63) is 34.9 Å². The highest BCUT2D eigenvalue weighted by Crippen LogP contribution is 2.09. The highest BCUT2D eigenvalue weighted by Gasteiger charge is 2.05. The molecule has 1 N–H and O–H groups in total. The van der Waals surface area contributed by atoms with Crippen LogP contribution in [0.1, 0.15) is 33.3 Å². The molecule has 0 aliphatic carbocycles. The summed E-state index contributed by atoms with van der Waals surface area (Å²) >= 11 is 5.74. The molecule has 0 unspecified atom stereocenters. The Bertz CT molecular complexity index is 306. The van der Waals surface area contributed by atoms with Crippen LogP contribution in [0.5, 0.6) is 0 Å². The van der Waals surface area contributed by atoms with Gasteiger partial charge in [0.15, 0.2) is 0 Å². The van der Waals surface area contributed by atoms with E-state index >= 15 is 0 Å². The lowest BCUT2D eigenvalue weighted by Gasteiger charge is -2.07. The van der Waals surface area contributed by atoms with Crippen LogP contribution in [0.25, 0.3) is 0 Å². The fourth-order valence-corrected chi connectivity index (χ4v) is 1.12. The van der Waals surface area contributed by atoms with Crippen LogP contribution in [0, 0.1) is 5.92 Å². The molecule has 0 aromatic heterocycles. The summed E-state index contributed by atoms with van der Waals surface area (Å²) in [5.41, 5.74) is 1.06.